The van der Waals surface area contributed by atoms with E-state index in [0.717, 1.165) is 18.4 Å². The maximum absolute atomic E-state index is 13.7. The third-order valence-corrected chi connectivity index (χ3v) is 10.1. The standard InChI is InChI=1S/C36H60N5O7P/c1-2-3-4-5-6-7-8-9-10-11-12-13-14-15-16-20-23-45-24-25-47-49(44,48-28-31-21-18-17-19-22-31)30-46-32(27-42)26-41-29-38-33-34(37)39-36(43)40-35(33)41/h17-19,21-22,29,32,42H,2-16,20,23-28,30H2,1H3,(H3,37,39,40,43)/t32-,49?/m0/s1. The Labute approximate surface area is 292 Å². The zero-order chi connectivity index (χ0) is 35.0. The summed E-state index contributed by atoms with van der Waals surface area (Å²) in [6, 6.07) is 9.37. The Bertz CT molecular complexity index is 1390. The number of rotatable bonds is 30. The molecule has 1 aromatic carbocycles. The Morgan fingerprint density at radius 2 is 1.47 bits per heavy atom. The summed E-state index contributed by atoms with van der Waals surface area (Å²) in [6.45, 7) is 3.06. The lowest BCUT2D eigenvalue weighted by Gasteiger charge is -2.22. The molecule has 12 nitrogen and oxygen atoms in total. The highest BCUT2D eigenvalue weighted by molar-refractivity contribution is 7.53. The van der Waals surface area contributed by atoms with Crippen LogP contribution in [0.5, 0.6) is 0 Å². The zero-order valence-electron chi connectivity index (χ0n) is 29.6. The van der Waals surface area contributed by atoms with Gasteiger partial charge in [-0.3, -0.25) is 9.55 Å². The summed E-state index contributed by atoms with van der Waals surface area (Å²) in [5.74, 6) is 0.00297. The lowest BCUT2D eigenvalue weighted by molar-refractivity contribution is 0.0124. The maximum Gasteiger partial charge on any atom is 0.356 e. The summed E-state index contributed by atoms with van der Waals surface area (Å²) in [7, 11) is -3.73. The molecular weight excluding hydrogens is 645 g/mol. The van der Waals surface area contributed by atoms with E-state index in [1.165, 1.54) is 96.2 Å². The molecule has 2 heterocycles. The van der Waals surface area contributed by atoms with Crippen LogP contribution in [0.4, 0.5) is 5.82 Å². The summed E-state index contributed by atoms with van der Waals surface area (Å²) < 4.78 is 38.4. The summed E-state index contributed by atoms with van der Waals surface area (Å²) in [5, 5.41) is 10.0. The second-order valence-electron chi connectivity index (χ2n) is 12.7. The Kier molecular flexibility index (Phi) is 20.4. The smallest absolute Gasteiger partial charge is 0.356 e. The summed E-state index contributed by atoms with van der Waals surface area (Å²) in [6.07, 6.45) is 21.4. The van der Waals surface area contributed by atoms with E-state index < -0.39 is 19.4 Å². The molecule has 0 aliphatic carbocycles. The number of ether oxygens (including phenoxy) is 2. The van der Waals surface area contributed by atoms with Gasteiger partial charge in [-0.15, -0.1) is 0 Å². The first-order valence-electron chi connectivity index (χ1n) is 18.4. The number of imidazole rings is 1. The van der Waals surface area contributed by atoms with Crippen molar-refractivity contribution in [1.82, 2.24) is 19.5 Å². The number of anilines is 1. The number of benzene rings is 1. The van der Waals surface area contributed by atoms with Gasteiger partial charge in [0.05, 0.1) is 45.4 Å². The van der Waals surface area contributed by atoms with E-state index in [9.17, 15) is 14.5 Å². The van der Waals surface area contributed by atoms with Crippen molar-refractivity contribution in [3.63, 3.8) is 0 Å². The molecule has 0 bridgehead atoms. The molecule has 0 saturated carbocycles. The Balaban J connectivity index is 1.30. The van der Waals surface area contributed by atoms with Crippen molar-refractivity contribution in [1.29, 1.82) is 0 Å². The maximum atomic E-state index is 13.7. The van der Waals surface area contributed by atoms with Gasteiger partial charge in [0.1, 0.15) is 17.5 Å². The lowest BCUT2D eigenvalue weighted by atomic mass is 10.0. The van der Waals surface area contributed by atoms with E-state index in [-0.39, 0.29) is 45.1 Å². The molecule has 1 unspecified atom stereocenters. The van der Waals surface area contributed by atoms with Crippen LogP contribution in [-0.4, -0.2) is 63.5 Å². The topological polar surface area (TPSA) is 164 Å². The van der Waals surface area contributed by atoms with Crippen molar-refractivity contribution in [2.45, 2.75) is 129 Å². The molecule has 0 amide bonds. The molecule has 49 heavy (non-hydrogen) atoms. The number of nitrogens with one attached hydrogen (secondary N) is 1. The van der Waals surface area contributed by atoms with E-state index in [0.29, 0.717) is 17.8 Å². The Morgan fingerprint density at radius 3 is 2.08 bits per heavy atom. The fourth-order valence-electron chi connectivity index (χ4n) is 5.66. The molecule has 0 aliphatic rings. The highest BCUT2D eigenvalue weighted by Gasteiger charge is 2.28. The van der Waals surface area contributed by atoms with Gasteiger partial charge >= 0.3 is 13.3 Å². The predicted molar refractivity (Wildman–Crippen MR) is 195 cm³/mol. The first-order valence-corrected chi connectivity index (χ1v) is 20.1. The fraction of sp³-hybridized carbons (Fsp3) is 0.694. The number of hydrogen-bond acceptors (Lipinski definition) is 10. The monoisotopic (exact) mass is 705 g/mol. The average Bonchev–Trinajstić information content (AvgIpc) is 3.51. The first-order chi connectivity index (χ1) is 23.9. The van der Waals surface area contributed by atoms with Crippen molar-refractivity contribution in [2.75, 3.05) is 38.5 Å². The van der Waals surface area contributed by atoms with E-state index >= 15 is 0 Å². The molecule has 4 N–H and O–H groups in total. The molecule has 13 heteroatoms. The SMILES string of the molecule is CCCCCCCCCCCCCCCCCCOCCOP(=O)(CO[C@H](CO)Cn1cnc2c(N)nc(=O)[nH]c21)OCc1ccccc1. The predicted octanol–water partition coefficient (Wildman–Crippen LogP) is 7.74. The molecular formula is C36H60N5O7P. The highest BCUT2D eigenvalue weighted by Crippen LogP contribution is 2.49. The van der Waals surface area contributed by atoms with Crippen molar-refractivity contribution in [2.24, 2.45) is 0 Å². The van der Waals surface area contributed by atoms with Crippen LogP contribution in [0.25, 0.3) is 11.2 Å². The minimum atomic E-state index is -3.73. The number of unbranched alkanes of at least 4 members (excludes halogenated alkanes) is 15. The molecule has 0 aliphatic heterocycles. The van der Waals surface area contributed by atoms with Gasteiger partial charge in [-0.2, -0.15) is 4.98 Å². The molecule has 0 radical (unpaired) electrons. The number of hydrogen-bond donors (Lipinski definition) is 3. The van der Waals surface area contributed by atoms with Crippen LogP contribution in [-0.2, 0) is 36.2 Å². The minimum Gasteiger partial charge on any atom is -0.394 e. The second kappa shape index (κ2) is 24.5. The summed E-state index contributed by atoms with van der Waals surface area (Å²) in [5.41, 5.74) is 6.71. The van der Waals surface area contributed by atoms with Crippen LogP contribution in [0.1, 0.15) is 115 Å². The number of aromatic amines is 1. The number of H-pyrrole nitrogens is 1. The van der Waals surface area contributed by atoms with Crippen molar-refractivity contribution in [3.8, 4) is 0 Å². The van der Waals surface area contributed by atoms with Crippen LogP contribution in [0.15, 0.2) is 41.5 Å². The number of nitrogens with two attached hydrogens (primary N) is 1. The molecule has 2 atom stereocenters. The molecule has 0 fully saturated rings. The lowest BCUT2D eigenvalue weighted by Crippen LogP contribution is -2.25. The minimum absolute atomic E-state index is 0.00297. The first kappa shape index (κ1) is 40.8. The average molecular weight is 706 g/mol. The van der Waals surface area contributed by atoms with Crippen LogP contribution in [0, 0.1) is 0 Å². The largest absolute Gasteiger partial charge is 0.394 e. The number of nitrogens with zero attached hydrogens (tertiary/aromatic N) is 3. The van der Waals surface area contributed by atoms with Crippen molar-refractivity contribution >= 4 is 24.6 Å². The number of fused-ring (bicyclic) bond motifs is 1. The van der Waals surface area contributed by atoms with Gasteiger partial charge in [0.15, 0.2) is 5.82 Å². The van der Waals surface area contributed by atoms with Gasteiger partial charge in [-0.1, -0.05) is 134 Å². The molecule has 2 aromatic heterocycles. The van der Waals surface area contributed by atoms with Crippen LogP contribution >= 0.6 is 7.60 Å². The van der Waals surface area contributed by atoms with Crippen LogP contribution < -0.4 is 11.4 Å². The highest BCUT2D eigenvalue weighted by atomic mass is 31.2. The van der Waals surface area contributed by atoms with Gasteiger partial charge in [0, 0.05) is 6.61 Å². The zero-order valence-corrected chi connectivity index (χ0v) is 30.5. The van der Waals surface area contributed by atoms with E-state index in [4.69, 9.17) is 24.3 Å². The third kappa shape index (κ3) is 16.8. The molecule has 276 valence electrons. The number of nitrogen functional groups attached to an aromatic ring is 1. The third-order valence-electron chi connectivity index (χ3n) is 8.53. The summed E-state index contributed by atoms with van der Waals surface area (Å²) >= 11 is 0. The van der Waals surface area contributed by atoms with Crippen LogP contribution in [0.3, 0.4) is 0 Å². The van der Waals surface area contributed by atoms with Gasteiger partial charge in [-0.25, -0.2) is 9.78 Å². The van der Waals surface area contributed by atoms with Crippen LogP contribution in [0.2, 0.25) is 0 Å². The van der Waals surface area contributed by atoms with E-state index in [1.807, 2.05) is 30.3 Å². The Hall–Kier alpha value is -2.60. The molecule has 0 saturated heterocycles. The molecule has 3 rings (SSSR count). The van der Waals surface area contributed by atoms with Gasteiger partial charge in [0.25, 0.3) is 0 Å². The molecule has 0 spiro atoms. The van der Waals surface area contributed by atoms with Crippen molar-refractivity contribution in [3.05, 3.63) is 52.7 Å². The number of aliphatic hydroxyl groups excluding tert-OH is 1. The molecule has 3 aromatic rings. The summed E-state index contributed by atoms with van der Waals surface area (Å²) in [4.78, 5) is 22.2. The quantitative estimate of drug-likeness (QED) is 0.0462. The van der Waals surface area contributed by atoms with Crippen molar-refractivity contribution < 1.29 is 28.2 Å². The fourth-order valence-corrected chi connectivity index (χ4v) is 6.97. The van der Waals surface area contributed by atoms with Gasteiger partial charge in [-0.05, 0) is 12.0 Å². The normalized spacial score (nSPS) is 13.6. The van der Waals surface area contributed by atoms with Gasteiger partial charge < -0.3 is 33.9 Å². The Morgan fingerprint density at radius 1 is 0.857 bits per heavy atom. The van der Waals surface area contributed by atoms with E-state index in [2.05, 4.69) is 21.9 Å². The second-order valence-corrected chi connectivity index (χ2v) is 14.7. The van der Waals surface area contributed by atoms with E-state index in [1.54, 1.807) is 4.57 Å². The van der Waals surface area contributed by atoms with Gasteiger partial charge in [0.2, 0.25) is 0 Å². The number of aliphatic hydroxyl groups is 1. The number of aromatic nitrogens is 4.